The van der Waals surface area contributed by atoms with E-state index in [0.717, 1.165) is 5.56 Å². The highest BCUT2D eigenvalue weighted by atomic mass is 19.3. The Morgan fingerprint density at radius 3 is 2.67 bits per heavy atom. The third-order valence-electron chi connectivity index (χ3n) is 2.15. The van der Waals surface area contributed by atoms with Gasteiger partial charge < -0.3 is 5.32 Å². The van der Waals surface area contributed by atoms with Gasteiger partial charge in [-0.2, -0.15) is 0 Å². The molecule has 0 radical (unpaired) electrons. The fourth-order valence-electron chi connectivity index (χ4n) is 1.33. The van der Waals surface area contributed by atoms with Crippen molar-refractivity contribution in [2.24, 2.45) is 0 Å². The molecule has 1 N–H and O–H groups in total. The summed E-state index contributed by atoms with van der Waals surface area (Å²) < 4.78 is 24.8. The molecule has 0 bridgehead atoms. The second-order valence-electron chi connectivity index (χ2n) is 3.33. The molecule has 0 unspecified atom stereocenters. The van der Waals surface area contributed by atoms with Gasteiger partial charge in [0.1, 0.15) is 0 Å². The number of alkyl halides is 2. The summed E-state index contributed by atoms with van der Waals surface area (Å²) in [6, 6.07) is 4.15. The number of nitrogens with one attached hydrogen (secondary N) is 1. The number of carbonyl (C=O) groups excluding carboxylic acids is 1. The van der Waals surface area contributed by atoms with Crippen molar-refractivity contribution in [3.05, 3.63) is 34.9 Å². The predicted octanol–water partition coefficient (Wildman–Crippen LogP) is 2.33. The third-order valence-corrected chi connectivity index (χ3v) is 2.15. The van der Waals surface area contributed by atoms with Crippen LogP contribution in [-0.2, 0) is 0 Å². The zero-order valence-electron chi connectivity index (χ0n) is 8.68. The smallest absolute Gasteiger partial charge is 0.263 e. The van der Waals surface area contributed by atoms with E-state index in [1.807, 2.05) is 0 Å². The number of likely N-dealkylation sites (N-methyl/N-ethyl adjacent to an activating group) is 1. The van der Waals surface area contributed by atoms with E-state index >= 15 is 0 Å². The molecule has 2 nitrogen and oxygen atoms in total. The van der Waals surface area contributed by atoms with E-state index in [0.29, 0.717) is 5.56 Å². The second-order valence-corrected chi connectivity index (χ2v) is 3.33. The van der Waals surface area contributed by atoms with Gasteiger partial charge in [-0.3, -0.25) is 4.79 Å². The summed E-state index contributed by atoms with van der Waals surface area (Å²) in [5, 5.41) is 2.70. The van der Waals surface area contributed by atoms with Gasteiger partial charge in [-0.15, -0.1) is 0 Å². The standard InChI is InChI=1S/C11H13F2NO/c1-7-3-4-8(11(12)13)5-9(7)10(15)6-14-2/h3-5,11,14H,6H2,1-2H3. The van der Waals surface area contributed by atoms with E-state index in [1.165, 1.54) is 12.1 Å². The number of aryl methyl sites for hydroxylation is 1. The van der Waals surface area contributed by atoms with Crippen LogP contribution < -0.4 is 5.32 Å². The first-order valence-corrected chi connectivity index (χ1v) is 4.62. The van der Waals surface area contributed by atoms with Gasteiger partial charge in [-0.25, -0.2) is 8.78 Å². The Balaban J connectivity index is 3.05. The van der Waals surface area contributed by atoms with Gasteiger partial charge in [-0.1, -0.05) is 12.1 Å². The zero-order chi connectivity index (χ0) is 11.4. The lowest BCUT2D eigenvalue weighted by molar-refractivity contribution is 0.0992. The molecule has 82 valence electrons. The van der Waals surface area contributed by atoms with Crippen LogP contribution in [0.25, 0.3) is 0 Å². The van der Waals surface area contributed by atoms with Gasteiger partial charge in [0.15, 0.2) is 5.78 Å². The molecule has 0 fully saturated rings. The average Bonchev–Trinajstić information content (AvgIpc) is 2.18. The highest BCUT2D eigenvalue weighted by molar-refractivity contribution is 5.99. The summed E-state index contributed by atoms with van der Waals surface area (Å²) in [4.78, 5) is 11.5. The zero-order valence-corrected chi connectivity index (χ0v) is 8.68. The van der Waals surface area contributed by atoms with Crippen LogP contribution in [0.15, 0.2) is 18.2 Å². The molecule has 0 saturated heterocycles. The predicted molar refractivity (Wildman–Crippen MR) is 54.4 cm³/mol. The Kier molecular flexibility index (Phi) is 3.91. The van der Waals surface area contributed by atoms with Gasteiger partial charge >= 0.3 is 0 Å². The summed E-state index contributed by atoms with van der Waals surface area (Å²) in [5.41, 5.74) is 0.974. The molecule has 1 aromatic carbocycles. The molecule has 0 spiro atoms. The van der Waals surface area contributed by atoms with Crippen LogP contribution >= 0.6 is 0 Å². The summed E-state index contributed by atoms with van der Waals surface area (Å²) in [5.74, 6) is -0.169. The molecule has 0 atom stereocenters. The first-order valence-electron chi connectivity index (χ1n) is 4.62. The van der Waals surface area contributed by atoms with Crippen LogP contribution in [0, 0.1) is 6.92 Å². The summed E-state index contributed by atoms with van der Waals surface area (Å²) >= 11 is 0. The van der Waals surface area contributed by atoms with Gasteiger partial charge in [-0.05, 0) is 25.6 Å². The van der Waals surface area contributed by atoms with Crippen LogP contribution in [0.1, 0.15) is 27.9 Å². The molecule has 15 heavy (non-hydrogen) atoms. The summed E-state index contributed by atoms with van der Waals surface area (Å²) in [6.07, 6.45) is -2.54. The molecule has 0 aliphatic rings. The maximum Gasteiger partial charge on any atom is 0.263 e. The Morgan fingerprint density at radius 1 is 1.47 bits per heavy atom. The van der Waals surface area contributed by atoms with Crippen molar-refractivity contribution < 1.29 is 13.6 Å². The van der Waals surface area contributed by atoms with Gasteiger partial charge in [0, 0.05) is 11.1 Å². The number of carbonyl (C=O) groups is 1. The lowest BCUT2D eigenvalue weighted by Gasteiger charge is -2.07. The molecule has 0 saturated carbocycles. The van der Waals surface area contributed by atoms with Crippen molar-refractivity contribution in [2.75, 3.05) is 13.6 Å². The molecule has 0 aromatic heterocycles. The summed E-state index contributed by atoms with van der Waals surface area (Å²) in [6.45, 7) is 1.89. The first-order chi connectivity index (χ1) is 7.06. The highest BCUT2D eigenvalue weighted by Gasteiger charge is 2.13. The van der Waals surface area contributed by atoms with E-state index in [4.69, 9.17) is 0 Å². The fraction of sp³-hybridized carbons (Fsp3) is 0.364. The van der Waals surface area contributed by atoms with E-state index in [1.54, 1.807) is 20.0 Å². The van der Waals surface area contributed by atoms with Gasteiger partial charge in [0.05, 0.1) is 6.54 Å². The molecule has 1 aromatic rings. The van der Waals surface area contributed by atoms with Crippen LogP contribution in [0.2, 0.25) is 0 Å². The number of rotatable bonds is 4. The molecule has 4 heteroatoms. The quantitative estimate of drug-likeness (QED) is 0.778. The maximum absolute atomic E-state index is 12.4. The number of benzene rings is 1. The van der Waals surface area contributed by atoms with Gasteiger partial charge in [0.2, 0.25) is 0 Å². The van der Waals surface area contributed by atoms with Crippen LogP contribution in [0.3, 0.4) is 0 Å². The van der Waals surface area contributed by atoms with Crippen molar-refractivity contribution in [3.8, 4) is 0 Å². The number of halogens is 2. The number of hydrogen-bond donors (Lipinski definition) is 1. The average molecular weight is 213 g/mol. The highest BCUT2D eigenvalue weighted by Crippen LogP contribution is 2.21. The van der Waals surface area contributed by atoms with Crippen molar-refractivity contribution in [3.63, 3.8) is 0 Å². The van der Waals surface area contributed by atoms with Crippen molar-refractivity contribution >= 4 is 5.78 Å². The van der Waals surface area contributed by atoms with E-state index in [2.05, 4.69) is 5.32 Å². The second kappa shape index (κ2) is 4.98. The number of hydrogen-bond acceptors (Lipinski definition) is 2. The Bertz CT molecular complexity index is 364. The SMILES string of the molecule is CNCC(=O)c1cc(C(F)F)ccc1C. The maximum atomic E-state index is 12.4. The van der Waals surface area contributed by atoms with E-state index in [-0.39, 0.29) is 17.9 Å². The van der Waals surface area contributed by atoms with Crippen LogP contribution in [-0.4, -0.2) is 19.4 Å². The minimum absolute atomic E-state index is 0.111. The molecule has 0 aliphatic carbocycles. The van der Waals surface area contributed by atoms with E-state index in [9.17, 15) is 13.6 Å². The molecule has 0 amide bonds. The first kappa shape index (κ1) is 11.8. The number of Topliss-reactive ketones (excluding diaryl/α,β-unsaturated/α-hetero) is 1. The minimum atomic E-state index is -2.54. The largest absolute Gasteiger partial charge is 0.313 e. The topological polar surface area (TPSA) is 29.1 Å². The lowest BCUT2D eigenvalue weighted by Crippen LogP contribution is -2.19. The minimum Gasteiger partial charge on any atom is -0.313 e. The summed E-state index contributed by atoms with van der Waals surface area (Å²) in [7, 11) is 1.64. The van der Waals surface area contributed by atoms with E-state index < -0.39 is 6.43 Å². The Hall–Kier alpha value is -1.29. The Labute approximate surface area is 87.3 Å². The third kappa shape index (κ3) is 2.83. The normalized spacial score (nSPS) is 10.7. The fourth-order valence-corrected chi connectivity index (χ4v) is 1.33. The van der Waals surface area contributed by atoms with Crippen molar-refractivity contribution in [1.29, 1.82) is 0 Å². The molecule has 1 rings (SSSR count). The molecular formula is C11H13F2NO. The monoisotopic (exact) mass is 213 g/mol. The van der Waals surface area contributed by atoms with Gasteiger partial charge in [0.25, 0.3) is 6.43 Å². The van der Waals surface area contributed by atoms with Crippen LogP contribution in [0.4, 0.5) is 8.78 Å². The van der Waals surface area contributed by atoms with Crippen molar-refractivity contribution in [1.82, 2.24) is 5.32 Å². The Morgan fingerprint density at radius 2 is 2.13 bits per heavy atom. The molecule has 0 aliphatic heterocycles. The molecular weight excluding hydrogens is 200 g/mol. The molecule has 0 heterocycles. The van der Waals surface area contributed by atoms with Crippen LogP contribution in [0.5, 0.6) is 0 Å². The number of ketones is 1. The van der Waals surface area contributed by atoms with Crippen molar-refractivity contribution in [2.45, 2.75) is 13.3 Å². The lowest BCUT2D eigenvalue weighted by atomic mass is 10.0.